The van der Waals surface area contributed by atoms with Crippen molar-refractivity contribution < 1.29 is 4.79 Å². The molecule has 3 N–H and O–H groups in total. The molecule has 13 heavy (non-hydrogen) atoms. The third-order valence-corrected chi connectivity index (χ3v) is 2.09. The first-order chi connectivity index (χ1) is 6.11. The minimum absolute atomic E-state index is 0.604. The summed E-state index contributed by atoms with van der Waals surface area (Å²) in [5.41, 5.74) is 10.7. The SMILES string of the molecule is CC(C)=C1CCC/C1=N\NC(N)=O. The second-order valence-corrected chi connectivity index (χ2v) is 3.37. The van der Waals surface area contributed by atoms with Gasteiger partial charge in [-0.1, -0.05) is 5.57 Å². The molecule has 0 radical (unpaired) electrons. The van der Waals surface area contributed by atoms with Crippen LogP contribution in [-0.4, -0.2) is 11.7 Å². The van der Waals surface area contributed by atoms with E-state index in [-0.39, 0.29) is 0 Å². The Balaban J connectivity index is 2.74. The number of hydrogen-bond donors (Lipinski definition) is 2. The van der Waals surface area contributed by atoms with Crippen LogP contribution in [0.4, 0.5) is 4.79 Å². The van der Waals surface area contributed by atoms with Gasteiger partial charge in [0.2, 0.25) is 0 Å². The molecule has 1 fully saturated rings. The minimum atomic E-state index is -0.604. The third kappa shape index (κ3) is 2.57. The molecule has 0 aromatic heterocycles. The van der Waals surface area contributed by atoms with Crippen molar-refractivity contribution in [3.05, 3.63) is 11.1 Å². The fraction of sp³-hybridized carbons (Fsp3) is 0.556. The van der Waals surface area contributed by atoms with Gasteiger partial charge in [-0.25, -0.2) is 10.2 Å². The van der Waals surface area contributed by atoms with Crippen molar-refractivity contribution in [2.24, 2.45) is 10.8 Å². The molecule has 1 aliphatic rings. The number of carbonyl (C=O) groups excluding carboxylic acids is 1. The molecule has 1 saturated carbocycles. The number of hydrazone groups is 1. The van der Waals surface area contributed by atoms with Gasteiger partial charge in [0.05, 0.1) is 5.71 Å². The Bertz CT molecular complexity index is 275. The van der Waals surface area contributed by atoms with Gasteiger partial charge in [-0.3, -0.25) is 0 Å². The Morgan fingerprint density at radius 2 is 2.15 bits per heavy atom. The number of allylic oxidation sites excluding steroid dienone is 2. The van der Waals surface area contributed by atoms with E-state index in [2.05, 4.69) is 24.4 Å². The Labute approximate surface area is 77.9 Å². The molecule has 0 unspecified atom stereocenters. The van der Waals surface area contributed by atoms with E-state index in [1.165, 1.54) is 11.1 Å². The summed E-state index contributed by atoms with van der Waals surface area (Å²) in [4.78, 5) is 10.4. The van der Waals surface area contributed by atoms with Crippen molar-refractivity contribution in [1.82, 2.24) is 5.43 Å². The normalized spacial score (nSPS) is 19.2. The molecule has 4 nitrogen and oxygen atoms in total. The van der Waals surface area contributed by atoms with Crippen LogP contribution >= 0.6 is 0 Å². The van der Waals surface area contributed by atoms with E-state index < -0.39 is 6.03 Å². The maximum absolute atomic E-state index is 10.4. The average Bonchev–Trinajstić information content (AvgIpc) is 2.47. The van der Waals surface area contributed by atoms with Gasteiger partial charge in [0.15, 0.2) is 0 Å². The van der Waals surface area contributed by atoms with Gasteiger partial charge < -0.3 is 5.73 Å². The van der Waals surface area contributed by atoms with E-state index in [9.17, 15) is 4.79 Å². The highest BCUT2D eigenvalue weighted by Gasteiger charge is 2.16. The van der Waals surface area contributed by atoms with Crippen molar-refractivity contribution in [3.8, 4) is 0 Å². The first-order valence-corrected chi connectivity index (χ1v) is 4.40. The monoisotopic (exact) mass is 181 g/mol. The molecular formula is C9H15N3O. The van der Waals surface area contributed by atoms with Crippen molar-refractivity contribution in [1.29, 1.82) is 0 Å². The number of amides is 2. The molecule has 0 saturated heterocycles. The summed E-state index contributed by atoms with van der Waals surface area (Å²) in [6.45, 7) is 4.11. The minimum Gasteiger partial charge on any atom is -0.350 e. The number of primary amides is 1. The first kappa shape index (κ1) is 9.77. The van der Waals surface area contributed by atoms with E-state index in [0.29, 0.717) is 0 Å². The Kier molecular flexibility index (Phi) is 3.06. The fourth-order valence-electron chi connectivity index (χ4n) is 1.51. The summed E-state index contributed by atoms with van der Waals surface area (Å²) >= 11 is 0. The lowest BCUT2D eigenvalue weighted by atomic mass is 10.1. The zero-order valence-electron chi connectivity index (χ0n) is 8.05. The van der Waals surface area contributed by atoms with Crippen molar-refractivity contribution in [3.63, 3.8) is 0 Å². The lowest BCUT2D eigenvalue weighted by Gasteiger charge is -2.02. The van der Waals surface area contributed by atoms with Gasteiger partial charge in [-0.15, -0.1) is 0 Å². The van der Waals surface area contributed by atoms with Crippen LogP contribution in [0.3, 0.4) is 0 Å². The molecule has 0 aliphatic heterocycles. The molecule has 0 aromatic rings. The number of nitrogens with one attached hydrogen (secondary N) is 1. The first-order valence-electron chi connectivity index (χ1n) is 4.40. The highest BCUT2D eigenvalue weighted by Crippen LogP contribution is 2.24. The lowest BCUT2D eigenvalue weighted by Crippen LogP contribution is -2.25. The highest BCUT2D eigenvalue weighted by molar-refractivity contribution is 6.02. The summed E-state index contributed by atoms with van der Waals surface area (Å²) in [5.74, 6) is 0. The van der Waals surface area contributed by atoms with Crippen LogP contribution < -0.4 is 11.2 Å². The largest absolute Gasteiger partial charge is 0.350 e. The quantitative estimate of drug-likeness (QED) is 0.592. The van der Waals surface area contributed by atoms with Crippen LogP contribution in [0.2, 0.25) is 0 Å². The summed E-state index contributed by atoms with van der Waals surface area (Å²) in [7, 11) is 0. The molecule has 0 spiro atoms. The molecule has 1 aliphatic carbocycles. The number of urea groups is 1. The molecule has 0 heterocycles. The van der Waals surface area contributed by atoms with Gasteiger partial charge in [0.1, 0.15) is 0 Å². The Hall–Kier alpha value is -1.32. The van der Waals surface area contributed by atoms with Crippen LogP contribution in [0.25, 0.3) is 0 Å². The number of nitrogens with zero attached hydrogens (tertiary/aromatic N) is 1. The molecular weight excluding hydrogens is 166 g/mol. The van der Waals surface area contributed by atoms with Crippen molar-refractivity contribution >= 4 is 11.7 Å². The van der Waals surface area contributed by atoms with Crippen LogP contribution in [0.5, 0.6) is 0 Å². The van der Waals surface area contributed by atoms with Gasteiger partial charge in [0, 0.05) is 0 Å². The maximum Gasteiger partial charge on any atom is 0.332 e. The van der Waals surface area contributed by atoms with E-state index in [4.69, 9.17) is 5.73 Å². The van der Waals surface area contributed by atoms with Gasteiger partial charge in [0.25, 0.3) is 0 Å². The van der Waals surface area contributed by atoms with Crippen molar-refractivity contribution in [2.45, 2.75) is 33.1 Å². The predicted molar refractivity (Wildman–Crippen MR) is 52.4 cm³/mol. The van der Waals surface area contributed by atoms with Crippen LogP contribution in [0, 0.1) is 0 Å². The Morgan fingerprint density at radius 3 is 2.69 bits per heavy atom. The molecule has 1 rings (SSSR count). The summed E-state index contributed by atoms with van der Waals surface area (Å²) < 4.78 is 0. The standard InChI is InChI=1S/C9H15N3O/c1-6(2)7-4-3-5-8(7)11-12-9(10)13/h3-5H2,1-2H3,(H3,10,12,13)/b11-8+. The molecule has 0 bridgehead atoms. The smallest absolute Gasteiger partial charge is 0.332 e. The van der Waals surface area contributed by atoms with Crippen LogP contribution in [-0.2, 0) is 0 Å². The number of carbonyl (C=O) groups is 1. The highest BCUT2D eigenvalue weighted by atomic mass is 16.2. The van der Waals surface area contributed by atoms with Crippen molar-refractivity contribution in [2.75, 3.05) is 0 Å². The summed E-state index contributed by atoms with van der Waals surface area (Å²) in [6.07, 6.45) is 3.10. The van der Waals surface area contributed by atoms with E-state index >= 15 is 0 Å². The number of rotatable bonds is 1. The van der Waals surface area contributed by atoms with E-state index in [1.54, 1.807) is 0 Å². The zero-order valence-corrected chi connectivity index (χ0v) is 8.05. The zero-order chi connectivity index (χ0) is 9.84. The maximum atomic E-state index is 10.4. The average molecular weight is 181 g/mol. The molecule has 4 heteroatoms. The lowest BCUT2D eigenvalue weighted by molar-refractivity contribution is 0.249. The molecule has 0 atom stereocenters. The summed E-state index contributed by atoms with van der Waals surface area (Å²) in [6, 6.07) is -0.604. The van der Waals surface area contributed by atoms with Crippen LogP contribution in [0.1, 0.15) is 33.1 Å². The van der Waals surface area contributed by atoms with E-state index in [1.807, 2.05) is 0 Å². The molecule has 72 valence electrons. The molecule has 2 amide bonds. The Morgan fingerprint density at radius 1 is 1.46 bits per heavy atom. The second-order valence-electron chi connectivity index (χ2n) is 3.37. The fourth-order valence-corrected chi connectivity index (χ4v) is 1.51. The topological polar surface area (TPSA) is 67.5 Å². The van der Waals surface area contributed by atoms with E-state index in [0.717, 1.165) is 25.0 Å². The second kappa shape index (κ2) is 4.07. The third-order valence-electron chi connectivity index (χ3n) is 2.09. The summed E-state index contributed by atoms with van der Waals surface area (Å²) in [5, 5.41) is 3.96. The van der Waals surface area contributed by atoms with Crippen LogP contribution in [0.15, 0.2) is 16.2 Å². The number of hydrogen-bond acceptors (Lipinski definition) is 2. The van der Waals surface area contributed by atoms with Gasteiger partial charge in [-0.05, 0) is 38.7 Å². The number of nitrogens with two attached hydrogens (primary N) is 1. The molecule has 0 aromatic carbocycles. The van der Waals surface area contributed by atoms with Gasteiger partial charge >= 0.3 is 6.03 Å². The predicted octanol–water partition coefficient (Wildman–Crippen LogP) is 1.53. The van der Waals surface area contributed by atoms with Gasteiger partial charge in [-0.2, -0.15) is 5.10 Å².